The molecule has 19 heavy (non-hydrogen) atoms. The minimum Gasteiger partial charge on any atom is -0.233 e. The first kappa shape index (κ1) is 19.0. The Labute approximate surface area is 122 Å². The predicted molar refractivity (Wildman–Crippen MR) is 85.1 cm³/mol. The summed E-state index contributed by atoms with van der Waals surface area (Å²) in [6.07, 6.45) is 18.7. The molecule has 0 saturated heterocycles. The Morgan fingerprint density at radius 2 is 0.842 bits per heavy atom. The van der Waals surface area contributed by atoms with Crippen LogP contribution >= 0.6 is 0 Å². The fourth-order valence-corrected chi connectivity index (χ4v) is 2.63. The average Bonchev–Trinajstić information content (AvgIpc) is 2.41. The molecule has 1 heteroatoms. The second-order valence-electron chi connectivity index (χ2n) is 6.09. The minimum absolute atomic E-state index is 0.277. The summed E-state index contributed by atoms with van der Waals surface area (Å²) in [4.78, 5) is 0. The number of unbranched alkanes of at least 4 members (excludes halogenated alkanes) is 11. The van der Waals surface area contributed by atoms with Crippen LogP contribution in [0.25, 0.3) is 0 Å². The highest BCUT2D eigenvalue weighted by Gasteiger charge is 2.04. The molecule has 0 amide bonds. The SMILES string of the molecule is CCCCCCCCCCCCC([O])CCCCC. The zero-order chi connectivity index (χ0) is 14.2. The van der Waals surface area contributed by atoms with Crippen LogP contribution < -0.4 is 0 Å². The number of rotatable bonds is 15. The lowest BCUT2D eigenvalue weighted by Gasteiger charge is -2.07. The molecule has 1 radical (unpaired) electrons. The first-order valence-electron chi connectivity index (χ1n) is 8.97. The van der Waals surface area contributed by atoms with Crippen LogP contribution in [0.15, 0.2) is 0 Å². The third-order valence-corrected chi connectivity index (χ3v) is 4.01. The first-order valence-corrected chi connectivity index (χ1v) is 8.97. The summed E-state index contributed by atoms with van der Waals surface area (Å²) in [6, 6.07) is 0. The summed E-state index contributed by atoms with van der Waals surface area (Å²) in [5.41, 5.74) is 0. The van der Waals surface area contributed by atoms with Crippen molar-refractivity contribution in [2.75, 3.05) is 0 Å². The molecule has 1 atom stereocenters. The van der Waals surface area contributed by atoms with Gasteiger partial charge in [-0.1, -0.05) is 97.3 Å². The molecule has 0 heterocycles. The van der Waals surface area contributed by atoms with Crippen molar-refractivity contribution in [3.05, 3.63) is 0 Å². The van der Waals surface area contributed by atoms with E-state index in [1.165, 1.54) is 70.6 Å². The molecule has 1 unspecified atom stereocenters. The van der Waals surface area contributed by atoms with Gasteiger partial charge in [0.25, 0.3) is 0 Å². The van der Waals surface area contributed by atoms with Crippen molar-refractivity contribution in [2.24, 2.45) is 0 Å². The molecule has 0 aliphatic rings. The molecule has 0 spiro atoms. The van der Waals surface area contributed by atoms with Crippen LogP contribution in [0.4, 0.5) is 0 Å². The van der Waals surface area contributed by atoms with Crippen molar-refractivity contribution in [3.63, 3.8) is 0 Å². The van der Waals surface area contributed by atoms with E-state index in [1.807, 2.05) is 0 Å². The van der Waals surface area contributed by atoms with Crippen molar-refractivity contribution < 1.29 is 5.11 Å². The van der Waals surface area contributed by atoms with E-state index in [2.05, 4.69) is 13.8 Å². The molecule has 0 aromatic rings. The van der Waals surface area contributed by atoms with Crippen molar-refractivity contribution in [1.82, 2.24) is 0 Å². The maximum absolute atomic E-state index is 11.6. The molecule has 0 rings (SSSR count). The van der Waals surface area contributed by atoms with Crippen molar-refractivity contribution >= 4 is 0 Å². The Morgan fingerprint density at radius 3 is 1.32 bits per heavy atom. The van der Waals surface area contributed by atoms with Crippen molar-refractivity contribution in [1.29, 1.82) is 0 Å². The van der Waals surface area contributed by atoms with E-state index in [9.17, 15) is 5.11 Å². The summed E-state index contributed by atoms with van der Waals surface area (Å²) >= 11 is 0. The Bertz CT molecular complexity index is 156. The van der Waals surface area contributed by atoms with Gasteiger partial charge in [0.15, 0.2) is 0 Å². The highest BCUT2D eigenvalue weighted by atomic mass is 16.3. The predicted octanol–water partition coefficient (Wildman–Crippen LogP) is 6.68. The highest BCUT2D eigenvalue weighted by molar-refractivity contribution is 4.56. The standard InChI is InChI=1S/C18H37O/c1-3-5-7-8-9-10-11-12-13-15-17-18(19)16-14-6-4-2/h18H,3-17H2,1-2H3. The lowest BCUT2D eigenvalue weighted by atomic mass is 10.0. The van der Waals surface area contributed by atoms with Gasteiger partial charge in [-0.05, 0) is 12.8 Å². The van der Waals surface area contributed by atoms with E-state index >= 15 is 0 Å². The molecule has 0 aromatic heterocycles. The third kappa shape index (κ3) is 15.9. The van der Waals surface area contributed by atoms with Crippen LogP contribution in [0.2, 0.25) is 0 Å². The molecule has 1 nitrogen and oxygen atoms in total. The topological polar surface area (TPSA) is 19.9 Å². The molecular weight excluding hydrogens is 232 g/mol. The monoisotopic (exact) mass is 269 g/mol. The number of hydrogen-bond donors (Lipinski definition) is 0. The van der Waals surface area contributed by atoms with Gasteiger partial charge >= 0.3 is 0 Å². The summed E-state index contributed by atoms with van der Waals surface area (Å²) in [7, 11) is 0. The smallest absolute Gasteiger partial charge is 0.0930 e. The van der Waals surface area contributed by atoms with E-state index in [-0.39, 0.29) is 6.10 Å². The zero-order valence-corrected chi connectivity index (χ0v) is 13.6. The van der Waals surface area contributed by atoms with Crippen molar-refractivity contribution in [2.45, 2.75) is 116 Å². The van der Waals surface area contributed by atoms with Gasteiger partial charge < -0.3 is 0 Å². The van der Waals surface area contributed by atoms with Crippen LogP contribution in [0.1, 0.15) is 110 Å². The summed E-state index contributed by atoms with van der Waals surface area (Å²) < 4.78 is 0. The number of hydrogen-bond acceptors (Lipinski definition) is 0. The largest absolute Gasteiger partial charge is 0.233 e. The normalized spacial score (nSPS) is 12.8. The second kappa shape index (κ2) is 16.0. The molecule has 0 N–H and O–H groups in total. The lowest BCUT2D eigenvalue weighted by Crippen LogP contribution is -2.03. The highest BCUT2D eigenvalue weighted by Crippen LogP contribution is 2.14. The van der Waals surface area contributed by atoms with Crippen LogP contribution in [0.5, 0.6) is 0 Å². The van der Waals surface area contributed by atoms with Crippen LogP contribution in [0, 0.1) is 0 Å². The Balaban J connectivity index is 3.05. The average molecular weight is 269 g/mol. The quantitative estimate of drug-likeness (QED) is 0.296. The first-order chi connectivity index (χ1) is 9.31. The van der Waals surface area contributed by atoms with Crippen LogP contribution in [-0.4, -0.2) is 6.10 Å². The van der Waals surface area contributed by atoms with Gasteiger partial charge in [-0.15, -0.1) is 0 Å². The van der Waals surface area contributed by atoms with Gasteiger partial charge in [0.05, 0.1) is 6.10 Å². The Morgan fingerprint density at radius 1 is 0.526 bits per heavy atom. The molecule has 0 aromatic carbocycles. The van der Waals surface area contributed by atoms with E-state index in [4.69, 9.17) is 0 Å². The van der Waals surface area contributed by atoms with E-state index in [1.54, 1.807) is 0 Å². The van der Waals surface area contributed by atoms with E-state index < -0.39 is 0 Å². The zero-order valence-electron chi connectivity index (χ0n) is 13.6. The van der Waals surface area contributed by atoms with Crippen LogP contribution in [0.3, 0.4) is 0 Å². The molecular formula is C18H37O. The second-order valence-corrected chi connectivity index (χ2v) is 6.09. The molecule has 0 aliphatic carbocycles. The maximum Gasteiger partial charge on any atom is 0.0930 e. The molecule has 0 fully saturated rings. The summed E-state index contributed by atoms with van der Waals surface area (Å²) in [5, 5.41) is 11.6. The molecule has 0 aliphatic heterocycles. The van der Waals surface area contributed by atoms with Crippen LogP contribution in [-0.2, 0) is 5.11 Å². The van der Waals surface area contributed by atoms with E-state index in [0.29, 0.717) is 0 Å². The summed E-state index contributed by atoms with van der Waals surface area (Å²) in [5.74, 6) is 0. The van der Waals surface area contributed by atoms with Gasteiger partial charge in [0.2, 0.25) is 0 Å². The van der Waals surface area contributed by atoms with Crippen molar-refractivity contribution in [3.8, 4) is 0 Å². The third-order valence-electron chi connectivity index (χ3n) is 4.01. The molecule has 115 valence electrons. The fourth-order valence-electron chi connectivity index (χ4n) is 2.63. The minimum atomic E-state index is -0.277. The van der Waals surface area contributed by atoms with Gasteiger partial charge in [-0.2, -0.15) is 0 Å². The molecule has 0 bridgehead atoms. The molecule has 0 saturated carbocycles. The van der Waals surface area contributed by atoms with E-state index in [0.717, 1.165) is 25.7 Å². The Kier molecular flexibility index (Phi) is 16.0. The lowest BCUT2D eigenvalue weighted by molar-refractivity contribution is 0.0690. The Hall–Kier alpha value is -0.0400. The van der Waals surface area contributed by atoms with Gasteiger partial charge in [-0.3, -0.25) is 0 Å². The maximum atomic E-state index is 11.6. The fraction of sp³-hybridized carbons (Fsp3) is 1.00. The van der Waals surface area contributed by atoms with Gasteiger partial charge in [-0.25, -0.2) is 5.11 Å². The summed E-state index contributed by atoms with van der Waals surface area (Å²) in [6.45, 7) is 4.47. The van der Waals surface area contributed by atoms with Gasteiger partial charge in [0.1, 0.15) is 0 Å². The van der Waals surface area contributed by atoms with Gasteiger partial charge in [0, 0.05) is 0 Å².